The lowest BCUT2D eigenvalue weighted by Crippen LogP contribution is -2.36. The maximum atomic E-state index is 9.29. The predicted molar refractivity (Wildman–Crippen MR) is 335 cm³/mol. The monoisotopic (exact) mass is 1070 g/mol. The molecule has 8 heteroatoms. The molecular weight excluding hydrogens is 941 g/mol. The number of rotatable bonds is 42. The van der Waals surface area contributed by atoms with Crippen molar-refractivity contribution in [1.82, 2.24) is 0 Å². The van der Waals surface area contributed by atoms with Crippen LogP contribution in [0.4, 0.5) is 0 Å². The first kappa shape index (κ1) is 76.7. The first-order valence-corrected chi connectivity index (χ1v) is 41.3. The lowest BCUT2D eigenvalue weighted by molar-refractivity contribution is -0.284. The molecule has 0 N–H and O–H groups in total. The molecule has 416 valence electrons. The summed E-state index contributed by atoms with van der Waals surface area (Å²) in [6, 6.07) is 0. The van der Waals surface area contributed by atoms with Crippen molar-refractivity contribution in [3.63, 3.8) is 0 Å². The van der Waals surface area contributed by atoms with Crippen molar-refractivity contribution in [3.05, 3.63) is 0 Å². The van der Waals surface area contributed by atoms with Gasteiger partial charge in [-0.1, -0.05) is 202 Å². The van der Waals surface area contributed by atoms with Crippen LogP contribution in [-0.2, 0) is 24.1 Å². The number of hydrogen-bond donors (Lipinski definition) is 0. The van der Waals surface area contributed by atoms with Gasteiger partial charge in [-0.2, -0.15) is 11.8 Å². The van der Waals surface area contributed by atoms with Crippen LogP contribution in [0.5, 0.6) is 0 Å². The average molecular weight is 1070 g/mol. The van der Waals surface area contributed by atoms with Crippen molar-refractivity contribution < 1.29 is 9.79 Å². The molecule has 0 aliphatic heterocycles. The van der Waals surface area contributed by atoms with E-state index in [1.54, 1.807) is 55.5 Å². The highest BCUT2D eigenvalue weighted by Crippen LogP contribution is 2.76. The van der Waals surface area contributed by atoms with E-state index in [0.29, 0.717) is 15.5 Å². The smallest absolute Gasteiger partial charge is 0.0794 e. The van der Waals surface area contributed by atoms with Crippen LogP contribution in [0.1, 0.15) is 317 Å². The Bertz CT molecular complexity index is 909. The summed E-state index contributed by atoms with van der Waals surface area (Å²) in [6.45, 7) is 43.7. The second-order valence-electron chi connectivity index (χ2n) is 21.6. The van der Waals surface area contributed by atoms with E-state index >= 15 is 0 Å². The van der Waals surface area contributed by atoms with Crippen LogP contribution in [0, 0.1) is 0 Å². The molecule has 0 bridgehead atoms. The third-order valence-corrected chi connectivity index (χ3v) is 36.7. The third-order valence-electron chi connectivity index (χ3n) is 17.6. The molecule has 2 nitrogen and oxygen atoms in total. The zero-order chi connectivity index (χ0) is 53.1. The molecule has 0 spiro atoms. The fraction of sp³-hybridized carbons (Fsp3) is 1.00. The first-order chi connectivity index (χ1) is 32.3. The van der Waals surface area contributed by atoms with E-state index < -0.39 is 27.5 Å². The Morgan fingerprint density at radius 1 is 0.294 bits per heavy atom. The lowest BCUT2D eigenvalue weighted by Gasteiger charge is -2.45. The van der Waals surface area contributed by atoms with Crippen molar-refractivity contribution in [3.8, 4) is 0 Å². The molecule has 0 unspecified atom stereocenters. The number of hydrogen-bond acceptors (Lipinski definition) is 4. The normalized spacial score (nSPS) is 12.8. The summed E-state index contributed by atoms with van der Waals surface area (Å²) in [5, 5.41) is 2.13. The summed E-state index contributed by atoms with van der Waals surface area (Å²) in [7, 11) is -2.41. The van der Waals surface area contributed by atoms with Crippen molar-refractivity contribution >= 4 is 51.5 Å². The van der Waals surface area contributed by atoms with E-state index in [4.69, 9.17) is 0 Å². The number of unbranched alkanes of at least 4 members (excludes halogenated alkanes) is 9. The van der Waals surface area contributed by atoms with E-state index in [2.05, 4.69) is 149 Å². The summed E-state index contributed by atoms with van der Waals surface area (Å²) in [5.41, 5.74) is -3.72. The molecule has 0 aromatic heterocycles. The molecular formula is C60H132O2P4S2. The van der Waals surface area contributed by atoms with E-state index in [0.717, 1.165) is 0 Å². The predicted octanol–water partition coefficient (Wildman–Crippen LogP) is 21.8. The largest absolute Gasteiger partial charge is 0.850 e. The maximum Gasteiger partial charge on any atom is 0.0794 e. The van der Waals surface area contributed by atoms with Gasteiger partial charge in [0.05, 0.1) is 70.9 Å². The Kier molecular flexibility index (Phi) is 52.5. The van der Waals surface area contributed by atoms with E-state index in [1.807, 2.05) is 0 Å². The van der Waals surface area contributed by atoms with Gasteiger partial charge in [-0.05, 0) is 116 Å². The van der Waals surface area contributed by atoms with Crippen LogP contribution < -0.4 is 9.79 Å². The Hall–Kier alpha value is 2.21. The topological polar surface area (TPSA) is 46.1 Å². The van der Waals surface area contributed by atoms with Crippen LogP contribution in [0.25, 0.3) is 0 Å². The minimum Gasteiger partial charge on any atom is -0.850 e. The van der Waals surface area contributed by atoms with Crippen LogP contribution in [0.15, 0.2) is 0 Å². The first-order valence-electron chi connectivity index (χ1n) is 30.7. The zero-order valence-corrected chi connectivity index (χ0v) is 55.7. The zero-order valence-electron chi connectivity index (χ0n) is 50.5. The van der Waals surface area contributed by atoms with E-state index in [1.165, 1.54) is 193 Å². The van der Waals surface area contributed by atoms with Crippen molar-refractivity contribution in [2.75, 3.05) is 55.5 Å². The molecule has 0 aliphatic carbocycles. The van der Waals surface area contributed by atoms with Crippen molar-refractivity contribution in [2.45, 2.75) is 333 Å². The maximum absolute atomic E-state index is 9.29. The van der Waals surface area contributed by atoms with Gasteiger partial charge in [0.15, 0.2) is 0 Å². The van der Waals surface area contributed by atoms with Gasteiger partial charge >= 0.3 is 0 Å². The molecule has 0 saturated heterocycles. The summed E-state index contributed by atoms with van der Waals surface area (Å²) in [5.74, 6) is 0. The molecule has 0 atom stereocenters. The van der Waals surface area contributed by atoms with Gasteiger partial charge in [-0.3, -0.25) is 0 Å². The van der Waals surface area contributed by atoms with Crippen molar-refractivity contribution in [1.29, 1.82) is 0 Å². The molecule has 0 aromatic rings. The Balaban J connectivity index is -0.000000429. The molecule has 0 radical (unpaired) electrons. The fourth-order valence-electron chi connectivity index (χ4n) is 13.2. The van der Waals surface area contributed by atoms with Gasteiger partial charge in [0.25, 0.3) is 0 Å². The fourth-order valence-corrected chi connectivity index (χ4v) is 33.9. The SMILES string of the molecule is CCCC[P+](CCCC)(CCCC)C(CC)(CC)CCC.CCCC[P+](CCCC)(CCCC)C(CC)(CC)CCC.CCCC[P+](CCCC)(CCCC)C(CC)(CC)CCC.[O-]P([O-])(=S)[S-]. The molecule has 0 rings (SSSR count). The molecule has 0 aromatic carbocycles. The summed E-state index contributed by atoms with van der Waals surface area (Å²) < 4.78 is 0. The highest BCUT2D eigenvalue weighted by molar-refractivity contribution is 8.49. The Labute approximate surface area is 446 Å². The van der Waals surface area contributed by atoms with Gasteiger partial charge in [0.1, 0.15) is 0 Å². The standard InChI is InChI=1S/3C20H44P.H3O2PS2/c3*1-7-13-17-21(18-14-8-2,19-15-9-3)20(11-5,12-6)16-10-4;1-3(2,4)5/h3*7-19H2,1-6H3;(H3,1,2,4,5)/q3*+1;/p-3. The average Bonchev–Trinajstić information content (AvgIpc) is 3.34. The van der Waals surface area contributed by atoms with Crippen LogP contribution in [0.3, 0.4) is 0 Å². The third kappa shape index (κ3) is 28.4. The van der Waals surface area contributed by atoms with Crippen molar-refractivity contribution in [2.24, 2.45) is 0 Å². The van der Waals surface area contributed by atoms with Crippen LogP contribution in [-0.4, -0.2) is 70.9 Å². The summed E-state index contributed by atoms with van der Waals surface area (Å²) in [6.07, 6.45) is 57.3. The van der Waals surface area contributed by atoms with Gasteiger partial charge in [-0.25, -0.2) is 0 Å². The molecule has 0 amide bonds. The minimum absolute atomic E-state index is 0.710. The minimum atomic E-state index is -3.72. The van der Waals surface area contributed by atoms with Crippen LogP contribution >= 0.6 is 27.5 Å². The highest BCUT2D eigenvalue weighted by atomic mass is 32.9. The Morgan fingerprint density at radius 3 is 0.485 bits per heavy atom. The van der Waals surface area contributed by atoms with Gasteiger partial charge in [0.2, 0.25) is 0 Å². The summed E-state index contributed by atoms with van der Waals surface area (Å²) >= 11 is 7.28. The Morgan fingerprint density at radius 2 is 0.412 bits per heavy atom. The second-order valence-corrected chi connectivity index (χ2v) is 39.8. The lowest BCUT2D eigenvalue weighted by atomic mass is 9.96. The second kappa shape index (κ2) is 46.5. The highest BCUT2D eigenvalue weighted by Gasteiger charge is 2.55. The van der Waals surface area contributed by atoms with E-state index in [-0.39, 0.29) is 0 Å². The molecule has 0 heterocycles. The quantitative estimate of drug-likeness (QED) is 0.0451. The van der Waals surface area contributed by atoms with Gasteiger partial charge in [-0.15, -0.1) is 0 Å². The van der Waals surface area contributed by atoms with Crippen LogP contribution in [0.2, 0.25) is 0 Å². The molecule has 0 aliphatic rings. The molecule has 68 heavy (non-hydrogen) atoms. The van der Waals surface area contributed by atoms with Gasteiger partial charge < -0.3 is 27.7 Å². The van der Waals surface area contributed by atoms with Gasteiger partial charge in [0, 0.05) is 21.8 Å². The summed E-state index contributed by atoms with van der Waals surface area (Å²) in [4.78, 5) is 18.6. The molecule has 0 fully saturated rings. The molecule has 0 saturated carbocycles. The van der Waals surface area contributed by atoms with E-state index in [9.17, 15) is 9.79 Å².